The molecule has 0 aliphatic carbocycles. The van der Waals surface area contributed by atoms with Gasteiger partial charge >= 0.3 is 0 Å². The monoisotopic (exact) mass is 459 g/mol. The van der Waals surface area contributed by atoms with Crippen molar-refractivity contribution >= 4 is 32.4 Å². The average Bonchev–Trinajstić information content (AvgIpc) is 3.17. The van der Waals surface area contributed by atoms with E-state index in [9.17, 15) is 28.5 Å². The number of ether oxygens (including phenoxy) is 1. The van der Waals surface area contributed by atoms with Crippen LogP contribution in [-0.2, 0) is 21.2 Å². The van der Waals surface area contributed by atoms with Crippen LogP contribution >= 0.6 is 11.3 Å². The molecule has 0 spiro atoms. The van der Waals surface area contributed by atoms with E-state index in [2.05, 4.69) is 10.3 Å². The van der Waals surface area contributed by atoms with Crippen LogP contribution in [-0.4, -0.2) is 79.9 Å². The molecule has 2 rings (SSSR count). The van der Waals surface area contributed by atoms with Crippen molar-refractivity contribution in [2.75, 3.05) is 31.3 Å². The Morgan fingerprint density at radius 1 is 1.30 bits per heavy atom. The molecule has 0 saturated heterocycles. The largest absolute Gasteiger partial charge is 0.508 e. The summed E-state index contributed by atoms with van der Waals surface area (Å²) in [6, 6.07) is 5.31. The van der Waals surface area contributed by atoms with Crippen molar-refractivity contribution in [2.24, 2.45) is 0 Å². The van der Waals surface area contributed by atoms with Crippen LogP contribution in [0.2, 0.25) is 0 Å². The third kappa shape index (κ3) is 6.37. The number of nitrogens with zero attached hydrogens (tertiary/aromatic N) is 2. The SMILES string of the molecule is COCC(O)C(O)C(Cc1ccc(O)cc1)NC(=O)c1csc(N(C)S(C)(=O)=O)n1. The van der Waals surface area contributed by atoms with Crippen LogP contribution in [0.15, 0.2) is 29.6 Å². The second kappa shape index (κ2) is 10.2. The summed E-state index contributed by atoms with van der Waals surface area (Å²) >= 11 is 0.983. The molecule has 3 unspecified atom stereocenters. The highest BCUT2D eigenvalue weighted by Gasteiger charge is 2.29. The van der Waals surface area contributed by atoms with Gasteiger partial charge in [-0.2, -0.15) is 0 Å². The molecule has 0 fully saturated rings. The van der Waals surface area contributed by atoms with Crippen LogP contribution < -0.4 is 9.62 Å². The van der Waals surface area contributed by atoms with Gasteiger partial charge in [-0.05, 0) is 24.1 Å². The average molecular weight is 460 g/mol. The van der Waals surface area contributed by atoms with Gasteiger partial charge in [0.1, 0.15) is 23.7 Å². The van der Waals surface area contributed by atoms with Crippen molar-refractivity contribution in [1.29, 1.82) is 0 Å². The number of thiazole rings is 1. The predicted molar refractivity (Wildman–Crippen MR) is 112 cm³/mol. The van der Waals surface area contributed by atoms with Crippen LogP contribution in [0, 0.1) is 0 Å². The number of methoxy groups -OCH3 is 1. The lowest BCUT2D eigenvalue weighted by Gasteiger charge is -2.27. The fourth-order valence-corrected chi connectivity index (χ4v) is 4.11. The molecule has 1 heterocycles. The van der Waals surface area contributed by atoms with E-state index >= 15 is 0 Å². The number of phenolic OH excluding ortho intramolecular Hbond substituents is 1. The van der Waals surface area contributed by atoms with Crippen LogP contribution in [0.25, 0.3) is 0 Å². The summed E-state index contributed by atoms with van der Waals surface area (Å²) in [5.74, 6) is -0.559. The minimum absolute atomic E-state index is 0.0189. The number of phenols is 1. The molecule has 10 nitrogen and oxygen atoms in total. The Balaban J connectivity index is 2.20. The Kier molecular flexibility index (Phi) is 8.15. The van der Waals surface area contributed by atoms with Crippen molar-refractivity contribution in [3.63, 3.8) is 0 Å². The molecule has 1 aromatic heterocycles. The first-order valence-corrected chi connectivity index (χ1v) is 11.6. The molecular formula is C18H25N3O7S2. The molecule has 4 N–H and O–H groups in total. The molecule has 0 bridgehead atoms. The molecule has 12 heteroatoms. The Hall–Kier alpha value is -2.25. The van der Waals surface area contributed by atoms with Gasteiger partial charge in [-0.3, -0.25) is 4.79 Å². The standard InChI is InChI=1S/C18H25N3O7S2/c1-21(30(3,26)27)18-20-14(10-29-18)17(25)19-13(16(24)15(23)9-28-2)8-11-4-6-12(22)7-5-11/h4-7,10,13,15-16,22-24H,8-9H2,1-3H3,(H,19,25). The first-order valence-electron chi connectivity index (χ1n) is 8.86. The van der Waals surface area contributed by atoms with Crippen molar-refractivity contribution in [2.45, 2.75) is 24.7 Å². The van der Waals surface area contributed by atoms with E-state index in [0.717, 1.165) is 21.9 Å². The number of carbonyl (C=O) groups is 1. The first kappa shape index (κ1) is 24.0. The van der Waals surface area contributed by atoms with Gasteiger partial charge in [-0.1, -0.05) is 12.1 Å². The van der Waals surface area contributed by atoms with Gasteiger partial charge < -0.3 is 25.4 Å². The van der Waals surface area contributed by atoms with Crippen LogP contribution in [0.3, 0.4) is 0 Å². The summed E-state index contributed by atoms with van der Waals surface area (Å²) in [5, 5.41) is 34.2. The minimum atomic E-state index is -3.52. The Bertz CT molecular complexity index is 947. The highest BCUT2D eigenvalue weighted by molar-refractivity contribution is 7.92. The van der Waals surface area contributed by atoms with E-state index < -0.39 is 34.2 Å². The number of aliphatic hydroxyl groups is 2. The number of hydrogen-bond acceptors (Lipinski definition) is 9. The predicted octanol–water partition coefficient (Wildman–Crippen LogP) is -0.0462. The van der Waals surface area contributed by atoms with Crippen molar-refractivity contribution in [3.05, 3.63) is 40.9 Å². The highest BCUT2D eigenvalue weighted by Crippen LogP contribution is 2.22. The van der Waals surface area contributed by atoms with Gasteiger partial charge in [0.15, 0.2) is 5.13 Å². The Morgan fingerprint density at radius 3 is 2.50 bits per heavy atom. The van der Waals surface area contributed by atoms with Gasteiger partial charge in [0.2, 0.25) is 10.0 Å². The van der Waals surface area contributed by atoms with Crippen LogP contribution in [0.5, 0.6) is 5.75 Å². The summed E-state index contributed by atoms with van der Waals surface area (Å²) < 4.78 is 29.1. The third-order valence-electron chi connectivity index (χ3n) is 4.34. The quantitative estimate of drug-likeness (QED) is 0.386. The number of carbonyl (C=O) groups excluding carboxylic acids is 1. The molecule has 166 valence electrons. The highest BCUT2D eigenvalue weighted by atomic mass is 32.2. The van der Waals surface area contributed by atoms with Gasteiger partial charge in [0.05, 0.1) is 18.9 Å². The fourth-order valence-electron chi connectivity index (χ4n) is 2.58. The number of anilines is 1. The maximum atomic E-state index is 12.7. The molecule has 0 aliphatic heterocycles. The zero-order valence-electron chi connectivity index (χ0n) is 16.7. The number of amides is 1. The van der Waals surface area contributed by atoms with E-state index in [4.69, 9.17) is 4.74 Å². The second-order valence-electron chi connectivity index (χ2n) is 6.71. The lowest BCUT2D eigenvalue weighted by Crippen LogP contribution is -2.51. The summed E-state index contributed by atoms with van der Waals surface area (Å²) in [5.41, 5.74) is 0.687. The van der Waals surface area contributed by atoms with Gasteiger partial charge in [-0.25, -0.2) is 17.7 Å². The van der Waals surface area contributed by atoms with Gasteiger partial charge in [-0.15, -0.1) is 11.3 Å². The van der Waals surface area contributed by atoms with Crippen molar-refractivity contribution in [3.8, 4) is 5.75 Å². The van der Waals surface area contributed by atoms with Crippen LogP contribution in [0.4, 0.5) is 5.13 Å². The zero-order chi connectivity index (χ0) is 22.5. The number of nitrogens with one attached hydrogen (secondary N) is 1. The number of aromatic nitrogens is 1. The lowest BCUT2D eigenvalue weighted by molar-refractivity contribution is -0.0407. The Labute approximate surface area is 178 Å². The van der Waals surface area contributed by atoms with Crippen LogP contribution in [0.1, 0.15) is 16.1 Å². The number of aliphatic hydroxyl groups excluding tert-OH is 2. The molecular weight excluding hydrogens is 434 g/mol. The summed E-state index contributed by atoms with van der Waals surface area (Å²) in [6.07, 6.45) is -1.41. The fraction of sp³-hybridized carbons (Fsp3) is 0.444. The Morgan fingerprint density at radius 2 is 1.93 bits per heavy atom. The number of sulfonamides is 1. The topological polar surface area (TPSA) is 149 Å². The number of rotatable bonds is 10. The number of benzene rings is 1. The first-order chi connectivity index (χ1) is 14.0. The van der Waals surface area contributed by atoms with Gasteiger partial charge in [0.25, 0.3) is 5.91 Å². The molecule has 1 aromatic carbocycles. The molecule has 0 radical (unpaired) electrons. The molecule has 3 atom stereocenters. The van der Waals surface area contributed by atoms with Gasteiger partial charge in [0, 0.05) is 19.5 Å². The maximum absolute atomic E-state index is 12.7. The maximum Gasteiger partial charge on any atom is 0.271 e. The molecule has 30 heavy (non-hydrogen) atoms. The third-order valence-corrected chi connectivity index (χ3v) is 6.54. The van der Waals surface area contributed by atoms with E-state index in [1.165, 1.54) is 31.7 Å². The molecule has 0 saturated carbocycles. The van der Waals surface area contributed by atoms with E-state index in [0.29, 0.717) is 5.56 Å². The summed E-state index contributed by atoms with van der Waals surface area (Å²) in [7, 11) is -0.823. The zero-order valence-corrected chi connectivity index (χ0v) is 18.4. The van der Waals surface area contributed by atoms with Crippen molar-refractivity contribution < 1.29 is 33.3 Å². The number of aromatic hydroxyl groups is 1. The van der Waals surface area contributed by atoms with E-state index in [1.807, 2.05) is 0 Å². The van der Waals surface area contributed by atoms with E-state index in [1.54, 1.807) is 12.1 Å². The summed E-state index contributed by atoms with van der Waals surface area (Å²) in [6.45, 7) is -0.136. The van der Waals surface area contributed by atoms with E-state index in [-0.39, 0.29) is 29.6 Å². The lowest BCUT2D eigenvalue weighted by atomic mass is 9.97. The molecule has 0 aliphatic rings. The number of hydrogen-bond donors (Lipinski definition) is 4. The second-order valence-corrected chi connectivity index (χ2v) is 9.56. The normalized spacial score (nSPS) is 14.7. The smallest absolute Gasteiger partial charge is 0.271 e. The summed E-state index contributed by atoms with van der Waals surface area (Å²) in [4.78, 5) is 16.7. The molecule has 2 aromatic rings. The molecule has 1 amide bonds. The minimum Gasteiger partial charge on any atom is -0.508 e. The van der Waals surface area contributed by atoms with Crippen molar-refractivity contribution in [1.82, 2.24) is 10.3 Å².